The molecule has 1 N–H and O–H groups in total. The first-order valence-electron chi connectivity index (χ1n) is 5.59. The first-order valence-corrected chi connectivity index (χ1v) is 5.97. The number of aliphatic hydroxyl groups is 1. The normalized spacial score (nSPS) is 15.2. The fourth-order valence-corrected chi connectivity index (χ4v) is 1.94. The lowest BCUT2D eigenvalue weighted by atomic mass is 10.3. The van der Waals surface area contributed by atoms with Gasteiger partial charge in [-0.05, 0) is 25.0 Å². The van der Waals surface area contributed by atoms with Crippen molar-refractivity contribution in [2.24, 2.45) is 0 Å². The molecule has 88 valence electrons. The van der Waals surface area contributed by atoms with Crippen molar-refractivity contribution in [2.45, 2.75) is 25.4 Å². The van der Waals surface area contributed by atoms with Gasteiger partial charge < -0.3 is 5.11 Å². The second-order valence-electron chi connectivity index (χ2n) is 4.25. The molecule has 1 aliphatic carbocycles. The molecule has 2 heterocycles. The Kier molecular flexibility index (Phi) is 2.61. The van der Waals surface area contributed by atoms with Gasteiger partial charge in [-0.1, -0.05) is 11.6 Å². The Balaban J connectivity index is 1.96. The number of nitrogens with zero attached hydrogens (tertiary/aromatic N) is 3. The molecule has 3 rings (SSSR count). The quantitative estimate of drug-likeness (QED) is 0.908. The fourth-order valence-electron chi connectivity index (χ4n) is 1.78. The van der Waals surface area contributed by atoms with E-state index in [2.05, 4.69) is 10.1 Å². The maximum Gasteiger partial charge on any atom is 0.153 e. The number of aliphatic hydroxyl groups excluding tert-OH is 1. The SMILES string of the molecule is OCc1cc(-n2ccc(C3CC3)n2)ncc1Cl. The summed E-state index contributed by atoms with van der Waals surface area (Å²) in [6, 6.07) is 3.78. The number of rotatable bonds is 3. The zero-order valence-electron chi connectivity index (χ0n) is 9.17. The van der Waals surface area contributed by atoms with E-state index in [0.29, 0.717) is 22.3 Å². The van der Waals surface area contributed by atoms with E-state index in [-0.39, 0.29) is 6.61 Å². The highest BCUT2D eigenvalue weighted by atomic mass is 35.5. The average Bonchev–Trinajstić information content (AvgIpc) is 3.08. The zero-order valence-corrected chi connectivity index (χ0v) is 9.93. The van der Waals surface area contributed by atoms with Crippen molar-refractivity contribution in [2.75, 3.05) is 0 Å². The van der Waals surface area contributed by atoms with E-state index in [1.165, 1.54) is 12.8 Å². The molecule has 1 fully saturated rings. The van der Waals surface area contributed by atoms with E-state index in [0.717, 1.165) is 5.69 Å². The van der Waals surface area contributed by atoms with Gasteiger partial charge in [-0.3, -0.25) is 0 Å². The summed E-state index contributed by atoms with van der Waals surface area (Å²) in [5, 5.41) is 14.1. The smallest absolute Gasteiger partial charge is 0.153 e. The molecule has 2 aromatic rings. The predicted octanol–water partition coefficient (Wildman–Crippen LogP) is 2.29. The summed E-state index contributed by atoms with van der Waals surface area (Å²) in [6.45, 7) is -0.0922. The Morgan fingerprint density at radius 2 is 2.29 bits per heavy atom. The summed E-state index contributed by atoms with van der Waals surface area (Å²) in [5.74, 6) is 1.31. The minimum Gasteiger partial charge on any atom is -0.392 e. The number of halogens is 1. The highest BCUT2D eigenvalue weighted by Crippen LogP contribution is 2.39. The molecule has 2 aromatic heterocycles. The van der Waals surface area contributed by atoms with E-state index in [1.54, 1.807) is 16.9 Å². The van der Waals surface area contributed by atoms with Crippen molar-refractivity contribution in [3.8, 4) is 5.82 Å². The van der Waals surface area contributed by atoms with Crippen LogP contribution in [0.5, 0.6) is 0 Å². The number of hydrogen-bond donors (Lipinski definition) is 1. The van der Waals surface area contributed by atoms with Crippen molar-refractivity contribution in [3.05, 3.63) is 40.8 Å². The van der Waals surface area contributed by atoms with E-state index in [1.807, 2.05) is 12.3 Å². The van der Waals surface area contributed by atoms with Crippen LogP contribution in [0.25, 0.3) is 5.82 Å². The summed E-state index contributed by atoms with van der Waals surface area (Å²) in [6.07, 6.45) is 5.89. The second kappa shape index (κ2) is 4.13. The molecule has 0 atom stereocenters. The first kappa shape index (κ1) is 10.7. The van der Waals surface area contributed by atoms with Crippen molar-refractivity contribution in [1.29, 1.82) is 0 Å². The minimum atomic E-state index is -0.0922. The van der Waals surface area contributed by atoms with Gasteiger partial charge in [-0.15, -0.1) is 0 Å². The Labute approximate surface area is 104 Å². The maximum absolute atomic E-state index is 9.15. The first-order chi connectivity index (χ1) is 8.28. The third kappa shape index (κ3) is 2.06. The fraction of sp³-hybridized carbons (Fsp3) is 0.333. The average molecular weight is 250 g/mol. The highest BCUT2D eigenvalue weighted by Gasteiger charge is 2.25. The molecule has 0 saturated heterocycles. The summed E-state index contributed by atoms with van der Waals surface area (Å²) < 4.78 is 1.73. The third-order valence-corrected chi connectivity index (χ3v) is 3.27. The molecule has 0 amide bonds. The van der Waals surface area contributed by atoms with E-state index >= 15 is 0 Å². The van der Waals surface area contributed by atoms with E-state index in [9.17, 15) is 0 Å². The van der Waals surface area contributed by atoms with Crippen LogP contribution < -0.4 is 0 Å². The molecule has 1 saturated carbocycles. The molecule has 0 spiro atoms. The van der Waals surface area contributed by atoms with E-state index in [4.69, 9.17) is 16.7 Å². The van der Waals surface area contributed by atoms with Crippen LogP contribution in [0.3, 0.4) is 0 Å². The molecular weight excluding hydrogens is 238 g/mol. The molecule has 0 aliphatic heterocycles. The monoisotopic (exact) mass is 249 g/mol. The van der Waals surface area contributed by atoms with Crippen LogP contribution in [0.4, 0.5) is 0 Å². The molecule has 1 aliphatic rings. The van der Waals surface area contributed by atoms with Crippen LogP contribution in [-0.2, 0) is 6.61 Å². The highest BCUT2D eigenvalue weighted by molar-refractivity contribution is 6.31. The number of pyridine rings is 1. The number of hydrogen-bond acceptors (Lipinski definition) is 3. The van der Waals surface area contributed by atoms with Crippen molar-refractivity contribution in [1.82, 2.24) is 14.8 Å². The summed E-state index contributed by atoms with van der Waals surface area (Å²) in [5.41, 5.74) is 1.78. The van der Waals surface area contributed by atoms with Crippen LogP contribution in [0.2, 0.25) is 5.02 Å². The minimum absolute atomic E-state index is 0.0922. The Hall–Kier alpha value is -1.39. The van der Waals surface area contributed by atoms with Crippen LogP contribution in [-0.4, -0.2) is 19.9 Å². The van der Waals surface area contributed by atoms with Crippen molar-refractivity contribution >= 4 is 11.6 Å². The van der Waals surface area contributed by atoms with Crippen molar-refractivity contribution < 1.29 is 5.11 Å². The molecule has 0 unspecified atom stereocenters. The standard InChI is InChI=1S/C12H12ClN3O/c13-10-6-14-12(5-9(10)7-17)16-4-3-11(15-16)8-1-2-8/h3-6,8,17H,1-2,7H2. The third-order valence-electron chi connectivity index (χ3n) is 2.93. The topological polar surface area (TPSA) is 50.9 Å². The van der Waals surface area contributed by atoms with Gasteiger partial charge in [-0.25, -0.2) is 9.67 Å². The molecule has 0 radical (unpaired) electrons. The molecule has 5 heteroatoms. The molecule has 0 bridgehead atoms. The van der Waals surface area contributed by atoms with Gasteiger partial charge >= 0.3 is 0 Å². The van der Waals surface area contributed by atoms with Gasteiger partial charge in [0.05, 0.1) is 17.3 Å². The summed E-state index contributed by atoms with van der Waals surface area (Å²) in [4.78, 5) is 4.21. The molecular formula is C12H12ClN3O. The Morgan fingerprint density at radius 1 is 1.47 bits per heavy atom. The summed E-state index contributed by atoms with van der Waals surface area (Å²) in [7, 11) is 0. The maximum atomic E-state index is 9.15. The molecule has 17 heavy (non-hydrogen) atoms. The van der Waals surface area contributed by atoms with Crippen molar-refractivity contribution in [3.63, 3.8) is 0 Å². The number of aromatic nitrogens is 3. The summed E-state index contributed by atoms with van der Waals surface area (Å²) >= 11 is 5.90. The molecule has 4 nitrogen and oxygen atoms in total. The van der Waals surface area contributed by atoms with Gasteiger partial charge in [0.25, 0.3) is 0 Å². The lowest BCUT2D eigenvalue weighted by Crippen LogP contribution is -2.00. The van der Waals surface area contributed by atoms with Crippen LogP contribution in [0, 0.1) is 0 Å². The van der Waals surface area contributed by atoms with Gasteiger partial charge in [0.15, 0.2) is 5.82 Å². The van der Waals surface area contributed by atoms with Crippen LogP contribution in [0.15, 0.2) is 24.5 Å². The van der Waals surface area contributed by atoms with Crippen LogP contribution >= 0.6 is 11.6 Å². The van der Waals surface area contributed by atoms with Crippen LogP contribution in [0.1, 0.15) is 30.0 Å². The van der Waals surface area contributed by atoms with E-state index < -0.39 is 0 Å². The lowest BCUT2D eigenvalue weighted by Gasteiger charge is -2.04. The van der Waals surface area contributed by atoms with Gasteiger partial charge in [-0.2, -0.15) is 5.10 Å². The Morgan fingerprint density at radius 3 is 3.00 bits per heavy atom. The lowest BCUT2D eigenvalue weighted by molar-refractivity contribution is 0.281. The molecule has 0 aromatic carbocycles. The zero-order chi connectivity index (χ0) is 11.8. The van der Waals surface area contributed by atoms with Gasteiger partial charge in [0.2, 0.25) is 0 Å². The Bertz CT molecular complexity index is 548. The van der Waals surface area contributed by atoms with Gasteiger partial charge in [0.1, 0.15) is 0 Å². The van der Waals surface area contributed by atoms with Gasteiger partial charge in [0, 0.05) is 23.9 Å². The second-order valence-corrected chi connectivity index (χ2v) is 4.66. The largest absolute Gasteiger partial charge is 0.392 e. The predicted molar refractivity (Wildman–Crippen MR) is 64.3 cm³/mol.